The molecule has 0 unspecified atom stereocenters. The average molecular weight is 385 g/mol. The summed E-state index contributed by atoms with van der Waals surface area (Å²) in [4.78, 5) is 26.3. The van der Waals surface area contributed by atoms with E-state index in [1.807, 2.05) is 19.1 Å². The van der Waals surface area contributed by atoms with E-state index >= 15 is 0 Å². The number of aryl methyl sites for hydroxylation is 1. The van der Waals surface area contributed by atoms with Gasteiger partial charge in [-0.2, -0.15) is 0 Å². The highest BCUT2D eigenvalue weighted by atomic mass is 35.5. The summed E-state index contributed by atoms with van der Waals surface area (Å²) in [6, 6.07) is 7.26. The number of rotatable bonds is 3. The fraction of sp³-hybridized carbons (Fsp3) is 0.238. The normalized spacial score (nSPS) is 15.7. The van der Waals surface area contributed by atoms with E-state index in [0.717, 1.165) is 26.5 Å². The van der Waals surface area contributed by atoms with E-state index in [1.165, 1.54) is 11.3 Å². The molecule has 0 atom stereocenters. The number of thiophene rings is 1. The Bertz CT molecular complexity index is 1070. The molecule has 0 saturated carbocycles. The van der Waals surface area contributed by atoms with Gasteiger partial charge in [0.15, 0.2) is 11.6 Å². The molecule has 3 nitrogen and oxygen atoms in total. The number of halogens is 1. The third-order valence-corrected chi connectivity index (χ3v) is 6.01. The molecule has 3 aromatic rings. The first-order chi connectivity index (χ1) is 12.4. The van der Waals surface area contributed by atoms with Crippen LogP contribution in [0, 0.1) is 0 Å². The van der Waals surface area contributed by atoms with E-state index < -0.39 is 0 Å². The number of hydrogen-bond acceptors (Lipinski definition) is 4. The molecule has 0 spiro atoms. The van der Waals surface area contributed by atoms with Crippen molar-refractivity contribution in [2.24, 2.45) is 0 Å². The minimum Gasteiger partial charge on any atom is -0.460 e. The molecular formula is C21H17ClO3S. The Labute approximate surface area is 160 Å². The molecule has 0 bridgehead atoms. The van der Waals surface area contributed by atoms with E-state index in [9.17, 15) is 9.59 Å². The third kappa shape index (κ3) is 2.65. The standard InChI is InChI=1S/C21H17ClO3S/c1-4-11-5-13-14(8-16(11)22)21(24)15(20(13)23)6-12-7-18-19(26-12)9-17(25-18)10(2)3/h5-10H,4H2,1-3H3/b15-6-. The van der Waals surface area contributed by atoms with Gasteiger partial charge in [0.05, 0.1) is 10.3 Å². The molecule has 4 rings (SSSR count). The predicted octanol–water partition coefficient (Wildman–Crippen LogP) is 6.30. The highest BCUT2D eigenvalue weighted by Gasteiger charge is 2.34. The van der Waals surface area contributed by atoms with E-state index in [4.69, 9.17) is 16.0 Å². The van der Waals surface area contributed by atoms with Crippen molar-refractivity contribution in [1.29, 1.82) is 0 Å². The van der Waals surface area contributed by atoms with Gasteiger partial charge < -0.3 is 4.42 Å². The number of furan rings is 1. The van der Waals surface area contributed by atoms with Gasteiger partial charge in [-0.3, -0.25) is 9.59 Å². The Kier molecular flexibility index (Phi) is 4.13. The molecule has 1 aliphatic rings. The zero-order valence-corrected chi connectivity index (χ0v) is 16.3. The van der Waals surface area contributed by atoms with Gasteiger partial charge in [-0.1, -0.05) is 32.4 Å². The number of benzene rings is 1. The molecule has 1 aromatic carbocycles. The number of carbonyl (C=O) groups is 2. The van der Waals surface area contributed by atoms with Gasteiger partial charge in [0.2, 0.25) is 0 Å². The maximum atomic E-state index is 12.7. The zero-order chi connectivity index (χ0) is 18.6. The summed E-state index contributed by atoms with van der Waals surface area (Å²) in [5, 5.41) is 0.531. The van der Waals surface area contributed by atoms with Crippen LogP contribution >= 0.6 is 22.9 Å². The first-order valence-electron chi connectivity index (χ1n) is 8.55. The minimum absolute atomic E-state index is 0.192. The van der Waals surface area contributed by atoms with Crippen molar-refractivity contribution in [2.45, 2.75) is 33.1 Å². The summed E-state index contributed by atoms with van der Waals surface area (Å²) in [5.41, 5.74) is 2.70. The summed E-state index contributed by atoms with van der Waals surface area (Å²) in [5.74, 6) is 0.765. The summed E-state index contributed by atoms with van der Waals surface area (Å²) in [6.07, 6.45) is 2.38. The van der Waals surface area contributed by atoms with Crippen LogP contribution in [0.3, 0.4) is 0 Å². The van der Waals surface area contributed by atoms with Crippen LogP contribution in [-0.2, 0) is 6.42 Å². The maximum absolute atomic E-state index is 12.7. The number of Topliss-reactive ketones (excluding diaryl/α,β-unsaturated/α-hetero) is 2. The van der Waals surface area contributed by atoms with Crippen LogP contribution in [0.5, 0.6) is 0 Å². The van der Waals surface area contributed by atoms with Gasteiger partial charge in [0.25, 0.3) is 0 Å². The second-order valence-electron chi connectivity index (χ2n) is 6.74. The topological polar surface area (TPSA) is 47.3 Å². The van der Waals surface area contributed by atoms with E-state index in [1.54, 1.807) is 18.2 Å². The lowest BCUT2D eigenvalue weighted by molar-refractivity contribution is 0.0990. The van der Waals surface area contributed by atoms with E-state index in [2.05, 4.69) is 13.8 Å². The first kappa shape index (κ1) is 17.3. The molecule has 0 radical (unpaired) electrons. The number of fused-ring (bicyclic) bond motifs is 2. The lowest BCUT2D eigenvalue weighted by Gasteiger charge is -2.03. The van der Waals surface area contributed by atoms with Gasteiger partial charge in [-0.25, -0.2) is 0 Å². The number of allylic oxidation sites excluding steroid dienone is 1. The van der Waals surface area contributed by atoms with Gasteiger partial charge in [-0.15, -0.1) is 11.3 Å². The van der Waals surface area contributed by atoms with Gasteiger partial charge >= 0.3 is 0 Å². The number of hydrogen-bond donors (Lipinski definition) is 0. The fourth-order valence-corrected chi connectivity index (χ4v) is 4.43. The molecule has 2 aromatic heterocycles. The van der Waals surface area contributed by atoms with Crippen LogP contribution in [0.1, 0.15) is 63.6 Å². The monoisotopic (exact) mass is 384 g/mol. The Morgan fingerprint density at radius 2 is 1.81 bits per heavy atom. The Morgan fingerprint density at radius 3 is 2.42 bits per heavy atom. The van der Waals surface area contributed by atoms with Gasteiger partial charge in [0.1, 0.15) is 11.3 Å². The molecule has 0 aliphatic heterocycles. The second-order valence-corrected chi connectivity index (χ2v) is 8.26. The molecule has 26 heavy (non-hydrogen) atoms. The van der Waals surface area contributed by atoms with Crippen molar-refractivity contribution in [3.05, 3.63) is 62.2 Å². The van der Waals surface area contributed by atoms with Crippen molar-refractivity contribution < 1.29 is 14.0 Å². The zero-order valence-electron chi connectivity index (χ0n) is 14.7. The molecule has 2 heterocycles. The Morgan fingerprint density at radius 1 is 1.12 bits per heavy atom. The highest BCUT2D eigenvalue weighted by Crippen LogP contribution is 2.36. The summed E-state index contributed by atoms with van der Waals surface area (Å²) >= 11 is 7.73. The molecular weight excluding hydrogens is 368 g/mol. The molecule has 1 aliphatic carbocycles. The van der Waals surface area contributed by atoms with E-state index in [-0.39, 0.29) is 17.1 Å². The average Bonchev–Trinajstić information content (AvgIpc) is 3.22. The van der Waals surface area contributed by atoms with Crippen LogP contribution in [0.15, 0.2) is 34.3 Å². The molecule has 5 heteroatoms. The van der Waals surface area contributed by atoms with Crippen molar-refractivity contribution in [3.8, 4) is 0 Å². The summed E-state index contributed by atoms with van der Waals surface area (Å²) in [6.45, 7) is 6.12. The van der Waals surface area contributed by atoms with Crippen LogP contribution in [-0.4, -0.2) is 11.6 Å². The lowest BCUT2D eigenvalue weighted by atomic mass is 10.0. The van der Waals surface area contributed by atoms with E-state index in [0.29, 0.717) is 28.5 Å². The lowest BCUT2D eigenvalue weighted by Crippen LogP contribution is -1.99. The highest BCUT2D eigenvalue weighted by molar-refractivity contribution is 7.19. The largest absolute Gasteiger partial charge is 0.460 e. The van der Waals surface area contributed by atoms with Crippen molar-refractivity contribution in [1.82, 2.24) is 0 Å². The SMILES string of the molecule is CCc1cc2c(cc1Cl)C(=O)/C(=C\c1cc3oc(C(C)C)cc3s1)C2=O. The maximum Gasteiger partial charge on any atom is 0.197 e. The van der Waals surface area contributed by atoms with Gasteiger partial charge in [-0.05, 0) is 42.3 Å². The first-order valence-corrected chi connectivity index (χ1v) is 9.75. The van der Waals surface area contributed by atoms with Crippen molar-refractivity contribution in [2.75, 3.05) is 0 Å². The summed E-state index contributed by atoms with van der Waals surface area (Å²) < 4.78 is 6.85. The summed E-state index contributed by atoms with van der Waals surface area (Å²) in [7, 11) is 0. The smallest absolute Gasteiger partial charge is 0.197 e. The molecule has 0 saturated heterocycles. The second kappa shape index (κ2) is 6.22. The number of ketones is 2. The third-order valence-electron chi connectivity index (χ3n) is 4.65. The minimum atomic E-state index is -0.262. The van der Waals surface area contributed by atoms with Crippen LogP contribution in [0.25, 0.3) is 16.4 Å². The Hall–Kier alpha value is -2.17. The number of carbonyl (C=O) groups excluding carboxylic acids is 2. The molecule has 0 fully saturated rings. The quantitative estimate of drug-likeness (QED) is 0.393. The molecule has 0 N–H and O–H groups in total. The molecule has 132 valence electrons. The Balaban J connectivity index is 1.75. The van der Waals surface area contributed by atoms with Crippen LogP contribution in [0.4, 0.5) is 0 Å². The van der Waals surface area contributed by atoms with Crippen LogP contribution in [0.2, 0.25) is 5.02 Å². The van der Waals surface area contributed by atoms with Crippen molar-refractivity contribution >= 4 is 50.9 Å². The molecule has 0 amide bonds. The van der Waals surface area contributed by atoms with Crippen LogP contribution < -0.4 is 0 Å². The van der Waals surface area contributed by atoms with Crippen molar-refractivity contribution in [3.63, 3.8) is 0 Å². The van der Waals surface area contributed by atoms with Gasteiger partial charge in [0, 0.05) is 26.9 Å². The predicted molar refractivity (Wildman–Crippen MR) is 106 cm³/mol. The fourth-order valence-electron chi connectivity index (χ4n) is 3.16.